The molecule has 0 radical (unpaired) electrons. The van der Waals surface area contributed by atoms with Crippen molar-refractivity contribution in [3.8, 4) is 0 Å². The lowest BCUT2D eigenvalue weighted by atomic mass is 10.1. The van der Waals surface area contributed by atoms with E-state index in [9.17, 15) is 0 Å². The zero-order valence-corrected chi connectivity index (χ0v) is 13.3. The van der Waals surface area contributed by atoms with Crippen molar-refractivity contribution >= 4 is 42.9 Å². The summed E-state index contributed by atoms with van der Waals surface area (Å²) in [5.74, 6) is 0.619. The summed E-state index contributed by atoms with van der Waals surface area (Å²) >= 11 is 7.01. The van der Waals surface area contributed by atoms with Gasteiger partial charge in [-0.2, -0.15) is 5.10 Å². The van der Waals surface area contributed by atoms with E-state index < -0.39 is 0 Å². The van der Waals surface area contributed by atoms with Crippen molar-refractivity contribution in [3.05, 3.63) is 20.8 Å². The smallest absolute Gasteiger partial charge is 0.114 e. The third-order valence-electron chi connectivity index (χ3n) is 2.97. The third kappa shape index (κ3) is 2.55. The normalized spacial score (nSPS) is 13.2. The van der Waals surface area contributed by atoms with Crippen LogP contribution in [0.5, 0.6) is 0 Å². The number of aromatic nitrogens is 3. The van der Waals surface area contributed by atoms with Gasteiger partial charge in [-0.3, -0.25) is 4.68 Å². The molecular formula is C12H15Br2N3. The van der Waals surface area contributed by atoms with Crippen LogP contribution in [-0.2, 0) is 6.54 Å². The molecule has 0 fully saturated rings. The van der Waals surface area contributed by atoms with Crippen LogP contribution >= 0.6 is 31.9 Å². The van der Waals surface area contributed by atoms with Crippen molar-refractivity contribution in [2.45, 2.75) is 33.7 Å². The summed E-state index contributed by atoms with van der Waals surface area (Å²) in [5.41, 5.74) is 3.03. The first-order chi connectivity index (χ1) is 8.02. The third-order valence-corrected chi connectivity index (χ3v) is 3.98. The van der Waals surface area contributed by atoms with Gasteiger partial charge in [0.05, 0.1) is 5.69 Å². The average molecular weight is 361 g/mol. The summed E-state index contributed by atoms with van der Waals surface area (Å²) in [6.45, 7) is 7.38. The second-order valence-corrected chi connectivity index (χ2v) is 6.07. The highest BCUT2D eigenvalue weighted by molar-refractivity contribution is 9.11. The quantitative estimate of drug-likeness (QED) is 0.763. The minimum Gasteiger partial charge on any atom is -0.262 e. The molecule has 1 unspecified atom stereocenters. The van der Waals surface area contributed by atoms with E-state index >= 15 is 0 Å². The van der Waals surface area contributed by atoms with Crippen molar-refractivity contribution in [1.29, 1.82) is 0 Å². The Morgan fingerprint density at radius 1 is 1.41 bits per heavy atom. The van der Waals surface area contributed by atoms with Gasteiger partial charge < -0.3 is 0 Å². The first-order valence-electron chi connectivity index (χ1n) is 5.72. The number of nitrogens with zero attached hydrogens (tertiary/aromatic N) is 3. The molecular weight excluding hydrogens is 346 g/mol. The minimum atomic E-state index is 0.619. The summed E-state index contributed by atoms with van der Waals surface area (Å²) in [5, 5.41) is 4.58. The Kier molecular flexibility index (Phi) is 3.88. The van der Waals surface area contributed by atoms with Gasteiger partial charge in [-0.25, -0.2) is 4.98 Å². The summed E-state index contributed by atoms with van der Waals surface area (Å²) in [4.78, 5) is 4.49. The Hall–Kier alpha value is -0.420. The van der Waals surface area contributed by atoms with Crippen LogP contribution in [-0.4, -0.2) is 14.8 Å². The molecule has 2 heterocycles. The van der Waals surface area contributed by atoms with Gasteiger partial charge in [-0.05, 0) is 50.8 Å². The van der Waals surface area contributed by atoms with Crippen LogP contribution < -0.4 is 0 Å². The molecule has 2 rings (SSSR count). The molecule has 5 heteroatoms. The summed E-state index contributed by atoms with van der Waals surface area (Å²) < 4.78 is 3.93. The lowest BCUT2D eigenvalue weighted by Crippen LogP contribution is -2.08. The molecule has 0 saturated carbocycles. The van der Waals surface area contributed by atoms with Crippen LogP contribution in [0.1, 0.15) is 26.0 Å². The number of fused-ring (bicyclic) bond motifs is 1. The van der Waals surface area contributed by atoms with E-state index in [0.717, 1.165) is 38.8 Å². The number of hydrogen-bond acceptors (Lipinski definition) is 2. The molecule has 3 nitrogen and oxygen atoms in total. The van der Waals surface area contributed by atoms with Crippen molar-refractivity contribution < 1.29 is 0 Å². The number of aryl methyl sites for hydroxylation is 1. The predicted molar refractivity (Wildman–Crippen MR) is 77.1 cm³/mol. The molecule has 2 aromatic rings. The van der Waals surface area contributed by atoms with E-state index in [1.165, 1.54) is 0 Å². The van der Waals surface area contributed by atoms with Gasteiger partial charge in [0.2, 0.25) is 0 Å². The van der Waals surface area contributed by atoms with Gasteiger partial charge >= 0.3 is 0 Å². The van der Waals surface area contributed by atoms with Gasteiger partial charge in [0.1, 0.15) is 15.6 Å². The fourth-order valence-corrected chi connectivity index (χ4v) is 3.13. The highest BCUT2D eigenvalue weighted by atomic mass is 79.9. The predicted octanol–water partition coefficient (Wildman–Crippen LogP) is 4.31. The molecule has 0 saturated heterocycles. The van der Waals surface area contributed by atoms with E-state index in [2.05, 4.69) is 60.5 Å². The van der Waals surface area contributed by atoms with Crippen LogP contribution in [0.2, 0.25) is 0 Å². The summed E-state index contributed by atoms with van der Waals surface area (Å²) in [7, 11) is 0. The zero-order chi connectivity index (χ0) is 12.6. The molecule has 0 spiro atoms. The number of hydrogen-bond donors (Lipinski definition) is 0. The van der Waals surface area contributed by atoms with Gasteiger partial charge in [-0.1, -0.05) is 20.3 Å². The van der Waals surface area contributed by atoms with Crippen molar-refractivity contribution in [1.82, 2.24) is 14.8 Å². The number of halogens is 2. The van der Waals surface area contributed by atoms with Crippen molar-refractivity contribution in [2.75, 3.05) is 0 Å². The van der Waals surface area contributed by atoms with E-state index in [4.69, 9.17) is 0 Å². The topological polar surface area (TPSA) is 30.7 Å². The van der Waals surface area contributed by atoms with Crippen LogP contribution in [0.25, 0.3) is 11.0 Å². The Morgan fingerprint density at radius 2 is 2.12 bits per heavy atom. The van der Waals surface area contributed by atoms with Gasteiger partial charge in [0, 0.05) is 11.0 Å². The van der Waals surface area contributed by atoms with E-state index in [1.54, 1.807) is 0 Å². The van der Waals surface area contributed by atoms with Crippen LogP contribution in [0.4, 0.5) is 0 Å². The SMILES string of the molecule is CCC(C)Cn1nc(C)c2nc(Br)cc(Br)c21. The largest absolute Gasteiger partial charge is 0.262 e. The monoisotopic (exact) mass is 359 g/mol. The molecule has 0 aliphatic rings. The Labute approximate surface area is 118 Å². The van der Waals surface area contributed by atoms with Crippen LogP contribution in [0.3, 0.4) is 0 Å². The lowest BCUT2D eigenvalue weighted by molar-refractivity contribution is 0.446. The molecule has 0 amide bonds. The second-order valence-electron chi connectivity index (χ2n) is 4.40. The fraction of sp³-hybridized carbons (Fsp3) is 0.500. The molecule has 2 aromatic heterocycles. The maximum absolute atomic E-state index is 4.58. The van der Waals surface area contributed by atoms with Crippen molar-refractivity contribution in [2.24, 2.45) is 5.92 Å². The van der Waals surface area contributed by atoms with E-state index in [0.29, 0.717) is 5.92 Å². The second kappa shape index (κ2) is 5.06. The lowest BCUT2D eigenvalue weighted by Gasteiger charge is -2.10. The Bertz CT molecular complexity index is 548. The Morgan fingerprint density at radius 3 is 2.76 bits per heavy atom. The molecule has 1 atom stereocenters. The summed E-state index contributed by atoms with van der Waals surface area (Å²) in [6, 6.07) is 1.97. The molecule has 0 aromatic carbocycles. The van der Waals surface area contributed by atoms with Gasteiger partial charge in [0.25, 0.3) is 0 Å². The molecule has 0 N–H and O–H groups in total. The van der Waals surface area contributed by atoms with Crippen molar-refractivity contribution in [3.63, 3.8) is 0 Å². The molecule has 17 heavy (non-hydrogen) atoms. The molecule has 0 aliphatic heterocycles. The number of pyridine rings is 1. The van der Waals surface area contributed by atoms with E-state index in [1.807, 2.05) is 13.0 Å². The number of rotatable bonds is 3. The maximum Gasteiger partial charge on any atom is 0.114 e. The fourth-order valence-electron chi connectivity index (χ4n) is 1.81. The van der Waals surface area contributed by atoms with Crippen LogP contribution in [0, 0.1) is 12.8 Å². The van der Waals surface area contributed by atoms with Gasteiger partial charge in [0.15, 0.2) is 0 Å². The first-order valence-corrected chi connectivity index (χ1v) is 7.30. The Balaban J connectivity index is 2.58. The van der Waals surface area contributed by atoms with Gasteiger partial charge in [-0.15, -0.1) is 0 Å². The first kappa shape index (κ1) is 13.0. The standard InChI is InChI=1S/C12H15Br2N3/c1-4-7(2)6-17-12-9(13)5-10(14)15-11(12)8(3)16-17/h5,7H,4,6H2,1-3H3. The zero-order valence-electron chi connectivity index (χ0n) is 10.2. The van der Waals surface area contributed by atoms with Crippen LogP contribution in [0.15, 0.2) is 15.1 Å². The maximum atomic E-state index is 4.58. The minimum absolute atomic E-state index is 0.619. The molecule has 0 bridgehead atoms. The molecule has 92 valence electrons. The average Bonchev–Trinajstić information content (AvgIpc) is 2.55. The highest BCUT2D eigenvalue weighted by Gasteiger charge is 2.14. The highest BCUT2D eigenvalue weighted by Crippen LogP contribution is 2.28. The van der Waals surface area contributed by atoms with E-state index in [-0.39, 0.29) is 0 Å². The molecule has 0 aliphatic carbocycles. The summed E-state index contributed by atoms with van der Waals surface area (Å²) in [6.07, 6.45) is 1.15.